The first-order chi connectivity index (χ1) is 13.5. The van der Waals surface area contributed by atoms with Gasteiger partial charge in [0, 0.05) is 11.4 Å². The van der Waals surface area contributed by atoms with Crippen LogP contribution in [0.3, 0.4) is 0 Å². The topological polar surface area (TPSA) is 74.8 Å². The van der Waals surface area contributed by atoms with Gasteiger partial charge in [-0.05, 0) is 48.8 Å². The van der Waals surface area contributed by atoms with E-state index >= 15 is 0 Å². The van der Waals surface area contributed by atoms with Gasteiger partial charge in [0.1, 0.15) is 4.83 Å². The van der Waals surface area contributed by atoms with Crippen molar-refractivity contribution in [2.45, 2.75) is 44.8 Å². The monoisotopic (exact) mass is 413 g/mol. The Kier molecular flexibility index (Phi) is 5.55. The summed E-state index contributed by atoms with van der Waals surface area (Å²) in [6, 6.07) is 7.99. The van der Waals surface area contributed by atoms with Gasteiger partial charge in [-0.2, -0.15) is 0 Å². The lowest BCUT2D eigenvalue weighted by molar-refractivity contribution is -0.118. The number of carbonyl (C=O) groups is 1. The van der Waals surface area contributed by atoms with E-state index in [1.165, 1.54) is 22.2 Å². The molecule has 0 bridgehead atoms. The molecule has 2 heterocycles. The SMILES string of the molecule is Cc1ccccc1CNC(=O)CSc1nc2sc3c(c2c(=O)[nH]1)CC[C@@H](C)C3. The van der Waals surface area contributed by atoms with Gasteiger partial charge in [0.05, 0.1) is 11.1 Å². The van der Waals surface area contributed by atoms with Gasteiger partial charge in [0.2, 0.25) is 5.91 Å². The zero-order valence-electron chi connectivity index (χ0n) is 16.0. The Balaban J connectivity index is 1.43. The molecule has 146 valence electrons. The highest BCUT2D eigenvalue weighted by atomic mass is 32.2. The molecule has 0 radical (unpaired) electrons. The number of aromatic amines is 1. The fourth-order valence-corrected chi connectivity index (χ4v) is 5.72. The quantitative estimate of drug-likeness (QED) is 0.492. The fourth-order valence-electron chi connectivity index (χ4n) is 3.58. The zero-order valence-corrected chi connectivity index (χ0v) is 17.6. The number of aromatic nitrogens is 2. The molecular formula is C21H23N3O2S2. The normalized spacial score (nSPS) is 16.1. The van der Waals surface area contributed by atoms with Crippen molar-refractivity contribution >= 4 is 39.2 Å². The summed E-state index contributed by atoms with van der Waals surface area (Å²) in [5.41, 5.74) is 3.36. The molecule has 0 unspecified atom stereocenters. The summed E-state index contributed by atoms with van der Waals surface area (Å²) in [5, 5.41) is 4.19. The molecule has 1 aromatic carbocycles. The molecule has 1 amide bonds. The highest BCUT2D eigenvalue weighted by Gasteiger charge is 2.23. The van der Waals surface area contributed by atoms with Crippen LogP contribution in [0.2, 0.25) is 0 Å². The lowest BCUT2D eigenvalue weighted by atomic mass is 9.89. The van der Waals surface area contributed by atoms with Gasteiger partial charge in [-0.25, -0.2) is 4.98 Å². The number of thiophene rings is 1. The van der Waals surface area contributed by atoms with E-state index < -0.39 is 0 Å². The van der Waals surface area contributed by atoms with Gasteiger partial charge >= 0.3 is 0 Å². The van der Waals surface area contributed by atoms with Gasteiger partial charge in [-0.15, -0.1) is 11.3 Å². The number of rotatable bonds is 5. The molecule has 0 spiro atoms. The molecule has 0 saturated carbocycles. The van der Waals surface area contributed by atoms with Gasteiger partial charge in [-0.3, -0.25) is 9.59 Å². The first-order valence-corrected chi connectivity index (χ1v) is 11.3. The van der Waals surface area contributed by atoms with Crippen molar-refractivity contribution in [2.75, 3.05) is 5.75 Å². The van der Waals surface area contributed by atoms with E-state index in [0.29, 0.717) is 17.6 Å². The van der Waals surface area contributed by atoms with E-state index in [-0.39, 0.29) is 17.2 Å². The van der Waals surface area contributed by atoms with Crippen molar-refractivity contribution in [1.82, 2.24) is 15.3 Å². The van der Waals surface area contributed by atoms with Gasteiger partial charge in [0.25, 0.3) is 5.56 Å². The number of hydrogen-bond acceptors (Lipinski definition) is 5. The summed E-state index contributed by atoms with van der Waals surface area (Å²) in [6.45, 7) is 4.79. The average Bonchev–Trinajstić information content (AvgIpc) is 3.03. The smallest absolute Gasteiger partial charge is 0.260 e. The molecule has 4 rings (SSSR count). The zero-order chi connectivity index (χ0) is 19.7. The largest absolute Gasteiger partial charge is 0.351 e. The summed E-state index contributed by atoms with van der Waals surface area (Å²) in [5.74, 6) is 0.809. The Morgan fingerprint density at radius 1 is 1.39 bits per heavy atom. The lowest BCUT2D eigenvalue weighted by Crippen LogP contribution is -2.25. The fraction of sp³-hybridized carbons (Fsp3) is 0.381. The molecule has 2 aromatic heterocycles. The number of nitrogens with one attached hydrogen (secondary N) is 2. The first kappa shape index (κ1) is 19.2. The maximum absolute atomic E-state index is 12.6. The Hall–Kier alpha value is -2.12. The molecule has 1 aliphatic rings. The molecule has 0 aliphatic heterocycles. The first-order valence-electron chi connectivity index (χ1n) is 9.50. The summed E-state index contributed by atoms with van der Waals surface area (Å²) in [7, 11) is 0. The molecule has 0 saturated heterocycles. The van der Waals surface area contributed by atoms with Crippen molar-refractivity contribution in [3.63, 3.8) is 0 Å². The van der Waals surface area contributed by atoms with Gasteiger partial charge in [0.15, 0.2) is 5.16 Å². The van der Waals surface area contributed by atoms with Crippen molar-refractivity contribution in [3.8, 4) is 0 Å². The van der Waals surface area contributed by atoms with Crippen LogP contribution in [-0.2, 0) is 24.2 Å². The van der Waals surface area contributed by atoms with Crippen LogP contribution in [-0.4, -0.2) is 21.6 Å². The minimum absolute atomic E-state index is 0.0738. The molecule has 1 aliphatic carbocycles. The second-order valence-corrected chi connectivity index (χ2v) is 9.44. The standard InChI is InChI=1S/C21H23N3O2S2/c1-12-7-8-15-16(9-12)28-20-18(15)19(26)23-21(24-20)27-11-17(25)22-10-14-6-4-3-5-13(14)2/h3-6,12H,7-11H2,1-2H3,(H,22,25)(H,23,24,26)/t12-/m1/s1. The molecule has 1 atom stereocenters. The second kappa shape index (κ2) is 8.09. The van der Waals surface area contributed by atoms with Crippen LogP contribution < -0.4 is 10.9 Å². The van der Waals surface area contributed by atoms with E-state index in [1.807, 2.05) is 31.2 Å². The van der Waals surface area contributed by atoms with Crippen LogP contribution in [0.5, 0.6) is 0 Å². The molecule has 5 nitrogen and oxygen atoms in total. The van der Waals surface area contributed by atoms with E-state index in [2.05, 4.69) is 22.2 Å². The molecule has 0 fully saturated rings. The number of carbonyl (C=O) groups excluding carboxylic acids is 1. The highest BCUT2D eigenvalue weighted by Crippen LogP contribution is 2.36. The Morgan fingerprint density at radius 3 is 3.04 bits per heavy atom. The van der Waals surface area contributed by atoms with E-state index in [9.17, 15) is 9.59 Å². The van der Waals surface area contributed by atoms with E-state index in [4.69, 9.17) is 0 Å². The summed E-state index contributed by atoms with van der Waals surface area (Å²) in [6.07, 6.45) is 3.10. The molecule has 7 heteroatoms. The third-order valence-corrected chi connectivity index (χ3v) is 7.24. The molecule has 28 heavy (non-hydrogen) atoms. The van der Waals surface area contributed by atoms with Gasteiger partial charge < -0.3 is 10.3 Å². The minimum atomic E-state index is -0.0835. The third-order valence-electron chi connectivity index (χ3n) is 5.22. The third kappa shape index (κ3) is 4.00. The summed E-state index contributed by atoms with van der Waals surface area (Å²) >= 11 is 2.90. The van der Waals surface area contributed by atoms with E-state index in [0.717, 1.165) is 40.6 Å². The number of amides is 1. The van der Waals surface area contributed by atoms with Crippen molar-refractivity contribution < 1.29 is 4.79 Å². The number of thioether (sulfide) groups is 1. The maximum atomic E-state index is 12.6. The van der Waals surface area contributed by atoms with E-state index in [1.54, 1.807) is 11.3 Å². The van der Waals surface area contributed by atoms with Crippen molar-refractivity contribution in [2.24, 2.45) is 5.92 Å². The predicted octanol–water partition coefficient (Wildman–Crippen LogP) is 3.83. The minimum Gasteiger partial charge on any atom is -0.351 e. The van der Waals surface area contributed by atoms with Crippen molar-refractivity contribution in [1.29, 1.82) is 0 Å². The maximum Gasteiger partial charge on any atom is 0.260 e. The molecular weight excluding hydrogens is 390 g/mol. The number of fused-ring (bicyclic) bond motifs is 3. The van der Waals surface area contributed by atoms with Crippen LogP contribution in [0, 0.1) is 12.8 Å². The number of benzene rings is 1. The Morgan fingerprint density at radius 2 is 2.21 bits per heavy atom. The van der Waals surface area contributed by atoms with Crippen LogP contribution in [0.25, 0.3) is 10.2 Å². The Labute approximate surface area is 172 Å². The molecule has 3 aromatic rings. The Bertz CT molecular complexity index is 1090. The summed E-state index contributed by atoms with van der Waals surface area (Å²) in [4.78, 5) is 34.4. The molecule has 2 N–H and O–H groups in total. The van der Waals surface area contributed by atoms with Crippen LogP contribution in [0.1, 0.15) is 34.9 Å². The average molecular weight is 414 g/mol. The number of nitrogens with zero attached hydrogens (tertiary/aromatic N) is 1. The number of H-pyrrole nitrogens is 1. The lowest BCUT2D eigenvalue weighted by Gasteiger charge is -2.17. The highest BCUT2D eigenvalue weighted by molar-refractivity contribution is 7.99. The van der Waals surface area contributed by atoms with Crippen molar-refractivity contribution in [3.05, 3.63) is 56.2 Å². The number of aryl methyl sites for hydroxylation is 2. The predicted molar refractivity (Wildman–Crippen MR) is 115 cm³/mol. The number of hydrogen-bond donors (Lipinski definition) is 2. The van der Waals surface area contributed by atoms with Crippen LogP contribution in [0.4, 0.5) is 0 Å². The van der Waals surface area contributed by atoms with Crippen LogP contribution in [0.15, 0.2) is 34.2 Å². The van der Waals surface area contributed by atoms with Gasteiger partial charge in [-0.1, -0.05) is 43.0 Å². The second-order valence-electron chi connectivity index (χ2n) is 7.39. The van der Waals surface area contributed by atoms with Crippen LogP contribution >= 0.6 is 23.1 Å². The summed E-state index contributed by atoms with van der Waals surface area (Å²) < 4.78 is 0.